The van der Waals surface area contributed by atoms with Crippen LogP contribution < -0.4 is 5.32 Å². The molecule has 3 heteroatoms. The van der Waals surface area contributed by atoms with E-state index in [1.807, 2.05) is 6.07 Å². The van der Waals surface area contributed by atoms with Crippen LogP contribution in [0.2, 0.25) is 0 Å². The number of nitrogens with one attached hydrogen (secondary N) is 1. The Kier molecular flexibility index (Phi) is 4.95. The maximum absolute atomic E-state index is 5.67. The molecule has 0 aliphatic carbocycles. The Balaban J connectivity index is 2.27. The minimum absolute atomic E-state index is 0.128. The average Bonchev–Trinajstić information content (AvgIpc) is 2.61. The van der Waals surface area contributed by atoms with Crippen molar-refractivity contribution in [1.29, 1.82) is 0 Å². The first-order valence-electron chi connectivity index (χ1n) is 7.40. The van der Waals surface area contributed by atoms with Gasteiger partial charge in [0, 0.05) is 13.7 Å². The summed E-state index contributed by atoms with van der Waals surface area (Å²) in [6.45, 7) is 8.43. The minimum atomic E-state index is -0.220. The quantitative estimate of drug-likeness (QED) is 0.919. The van der Waals surface area contributed by atoms with E-state index >= 15 is 0 Å². The fourth-order valence-electron chi connectivity index (χ4n) is 2.76. The Morgan fingerprint density at radius 3 is 2.60 bits per heavy atom. The van der Waals surface area contributed by atoms with Crippen LogP contribution in [0.15, 0.2) is 35.3 Å². The summed E-state index contributed by atoms with van der Waals surface area (Å²) in [7, 11) is 1.79. The molecule has 0 spiro atoms. The molecule has 1 aliphatic rings. The Morgan fingerprint density at radius 2 is 1.95 bits per heavy atom. The number of rotatable bonds is 3. The molecule has 1 N–H and O–H groups in total. The van der Waals surface area contributed by atoms with Gasteiger partial charge in [-0.15, -0.1) is 0 Å². The lowest BCUT2D eigenvalue weighted by Gasteiger charge is -2.25. The fourth-order valence-corrected chi connectivity index (χ4v) is 2.76. The largest absolute Gasteiger partial charge is 0.375 e. The molecule has 2 rings (SSSR count). The second kappa shape index (κ2) is 6.51. The van der Waals surface area contributed by atoms with E-state index in [0.717, 1.165) is 25.2 Å². The van der Waals surface area contributed by atoms with Gasteiger partial charge in [-0.05, 0) is 38.3 Å². The zero-order chi connectivity index (χ0) is 14.6. The van der Waals surface area contributed by atoms with E-state index in [-0.39, 0.29) is 11.6 Å². The standard InChI is InChI=1S/C17H26N2O/c1-13-10-16(20-4)15(12-18-11-13)19-17(2,3)14-8-6-5-7-9-14/h5-9,13,16,18H,10-12H2,1-4H3/b19-15+. The maximum atomic E-state index is 5.67. The van der Waals surface area contributed by atoms with E-state index in [1.54, 1.807) is 7.11 Å². The van der Waals surface area contributed by atoms with Crippen molar-refractivity contribution in [2.45, 2.75) is 38.8 Å². The molecule has 2 atom stereocenters. The first-order valence-corrected chi connectivity index (χ1v) is 7.40. The Labute approximate surface area is 122 Å². The third-order valence-electron chi connectivity index (χ3n) is 3.97. The molecule has 0 aromatic heterocycles. The Hall–Kier alpha value is -1.19. The van der Waals surface area contributed by atoms with Crippen molar-refractivity contribution in [3.63, 3.8) is 0 Å². The van der Waals surface area contributed by atoms with Crippen LogP contribution >= 0.6 is 0 Å². The highest BCUT2D eigenvalue weighted by atomic mass is 16.5. The summed E-state index contributed by atoms with van der Waals surface area (Å²) in [5, 5.41) is 3.47. The second-order valence-electron chi connectivity index (χ2n) is 6.22. The van der Waals surface area contributed by atoms with Crippen molar-refractivity contribution < 1.29 is 4.74 Å². The van der Waals surface area contributed by atoms with Gasteiger partial charge in [-0.2, -0.15) is 0 Å². The van der Waals surface area contributed by atoms with Gasteiger partial charge in [0.2, 0.25) is 0 Å². The van der Waals surface area contributed by atoms with Gasteiger partial charge in [0.25, 0.3) is 0 Å². The monoisotopic (exact) mass is 274 g/mol. The van der Waals surface area contributed by atoms with Crippen LogP contribution in [0.4, 0.5) is 0 Å². The molecular weight excluding hydrogens is 248 g/mol. The van der Waals surface area contributed by atoms with Crippen LogP contribution in [0.5, 0.6) is 0 Å². The third-order valence-corrected chi connectivity index (χ3v) is 3.97. The molecule has 1 fully saturated rings. The summed E-state index contributed by atoms with van der Waals surface area (Å²) in [5.41, 5.74) is 2.15. The minimum Gasteiger partial charge on any atom is -0.375 e. The SMILES string of the molecule is COC1CC(C)CNC/C1=N\C(C)(C)c1ccccc1. The van der Waals surface area contributed by atoms with Gasteiger partial charge in [0.05, 0.1) is 17.4 Å². The van der Waals surface area contributed by atoms with Crippen molar-refractivity contribution in [2.24, 2.45) is 10.9 Å². The van der Waals surface area contributed by atoms with Crippen LogP contribution in [0.25, 0.3) is 0 Å². The predicted molar refractivity (Wildman–Crippen MR) is 84.4 cm³/mol. The zero-order valence-corrected chi connectivity index (χ0v) is 13.0. The summed E-state index contributed by atoms with van der Waals surface area (Å²) in [6, 6.07) is 10.5. The third kappa shape index (κ3) is 3.68. The summed E-state index contributed by atoms with van der Waals surface area (Å²) < 4.78 is 5.67. The van der Waals surface area contributed by atoms with Crippen LogP contribution in [-0.2, 0) is 10.3 Å². The second-order valence-corrected chi connectivity index (χ2v) is 6.22. The number of methoxy groups -OCH3 is 1. The molecule has 1 aromatic rings. The van der Waals surface area contributed by atoms with Gasteiger partial charge in [0.1, 0.15) is 0 Å². The number of hydrogen-bond acceptors (Lipinski definition) is 3. The fraction of sp³-hybridized carbons (Fsp3) is 0.588. The molecule has 1 heterocycles. The van der Waals surface area contributed by atoms with Gasteiger partial charge in [-0.3, -0.25) is 4.99 Å². The van der Waals surface area contributed by atoms with Crippen molar-refractivity contribution >= 4 is 5.71 Å². The lowest BCUT2D eigenvalue weighted by molar-refractivity contribution is 0.136. The van der Waals surface area contributed by atoms with Crippen LogP contribution in [0, 0.1) is 5.92 Å². The predicted octanol–water partition coefficient (Wildman–Crippen LogP) is 3.01. The van der Waals surface area contributed by atoms with Crippen molar-refractivity contribution in [2.75, 3.05) is 20.2 Å². The van der Waals surface area contributed by atoms with E-state index in [9.17, 15) is 0 Å². The summed E-state index contributed by atoms with van der Waals surface area (Å²) >= 11 is 0. The highest BCUT2D eigenvalue weighted by Crippen LogP contribution is 2.26. The number of ether oxygens (including phenoxy) is 1. The molecule has 1 saturated heterocycles. The summed E-state index contributed by atoms with van der Waals surface area (Å²) in [6.07, 6.45) is 1.16. The van der Waals surface area contributed by atoms with E-state index in [2.05, 4.69) is 50.4 Å². The molecule has 0 amide bonds. The molecule has 1 aromatic carbocycles. The Morgan fingerprint density at radius 1 is 1.25 bits per heavy atom. The molecule has 3 nitrogen and oxygen atoms in total. The average molecular weight is 274 g/mol. The first kappa shape index (κ1) is 15.2. The summed E-state index contributed by atoms with van der Waals surface area (Å²) in [5.74, 6) is 0.618. The normalized spacial score (nSPS) is 26.5. The van der Waals surface area contributed by atoms with Gasteiger partial charge in [-0.25, -0.2) is 0 Å². The summed E-state index contributed by atoms with van der Waals surface area (Å²) in [4.78, 5) is 5.01. The smallest absolute Gasteiger partial charge is 0.0964 e. The van der Waals surface area contributed by atoms with Crippen LogP contribution in [0.1, 0.15) is 32.8 Å². The van der Waals surface area contributed by atoms with Crippen LogP contribution in [0.3, 0.4) is 0 Å². The lowest BCUT2D eigenvalue weighted by atomic mass is 9.94. The van der Waals surface area contributed by atoms with Gasteiger partial charge >= 0.3 is 0 Å². The molecule has 0 saturated carbocycles. The number of aliphatic imine (C=N–C) groups is 1. The molecule has 20 heavy (non-hydrogen) atoms. The first-order chi connectivity index (χ1) is 9.53. The van der Waals surface area contributed by atoms with E-state index < -0.39 is 0 Å². The van der Waals surface area contributed by atoms with E-state index in [4.69, 9.17) is 9.73 Å². The molecule has 2 unspecified atom stereocenters. The van der Waals surface area contributed by atoms with Gasteiger partial charge in [0.15, 0.2) is 0 Å². The topological polar surface area (TPSA) is 33.6 Å². The highest BCUT2D eigenvalue weighted by molar-refractivity contribution is 5.91. The Bertz CT molecular complexity index is 453. The van der Waals surface area contributed by atoms with Gasteiger partial charge < -0.3 is 10.1 Å². The van der Waals surface area contributed by atoms with Crippen molar-refractivity contribution in [1.82, 2.24) is 5.32 Å². The zero-order valence-electron chi connectivity index (χ0n) is 13.0. The lowest BCUT2D eigenvalue weighted by Crippen LogP contribution is -2.32. The number of hydrogen-bond donors (Lipinski definition) is 1. The number of benzene rings is 1. The molecular formula is C17H26N2O. The number of nitrogens with zero attached hydrogens (tertiary/aromatic N) is 1. The molecule has 110 valence electrons. The van der Waals surface area contributed by atoms with Crippen LogP contribution in [-0.4, -0.2) is 32.0 Å². The van der Waals surface area contributed by atoms with Gasteiger partial charge in [-0.1, -0.05) is 37.3 Å². The van der Waals surface area contributed by atoms with E-state index in [1.165, 1.54) is 5.56 Å². The maximum Gasteiger partial charge on any atom is 0.0964 e. The molecule has 1 aliphatic heterocycles. The van der Waals surface area contributed by atoms with Crippen molar-refractivity contribution in [3.8, 4) is 0 Å². The van der Waals surface area contributed by atoms with Crippen molar-refractivity contribution in [3.05, 3.63) is 35.9 Å². The highest BCUT2D eigenvalue weighted by Gasteiger charge is 2.26. The molecule has 0 radical (unpaired) electrons. The van der Waals surface area contributed by atoms with E-state index in [0.29, 0.717) is 5.92 Å². The molecule has 0 bridgehead atoms.